The third kappa shape index (κ3) is 5.28. The van der Waals surface area contributed by atoms with Crippen LogP contribution in [0.25, 0.3) is 0 Å². The molecule has 1 heterocycles. The van der Waals surface area contributed by atoms with Crippen LogP contribution in [-0.2, 0) is 9.59 Å². The van der Waals surface area contributed by atoms with Gasteiger partial charge in [0.2, 0.25) is 0 Å². The van der Waals surface area contributed by atoms with Crippen molar-refractivity contribution in [1.82, 2.24) is 4.90 Å². The van der Waals surface area contributed by atoms with Gasteiger partial charge in [-0.25, -0.2) is 9.59 Å². The van der Waals surface area contributed by atoms with E-state index in [0.717, 1.165) is 32.0 Å². The van der Waals surface area contributed by atoms with Crippen molar-refractivity contribution in [2.24, 2.45) is 17.1 Å². The van der Waals surface area contributed by atoms with Gasteiger partial charge in [0.1, 0.15) is 0 Å². The van der Waals surface area contributed by atoms with E-state index in [1.807, 2.05) is 0 Å². The normalized spacial score (nSPS) is 25.2. The first-order valence-corrected chi connectivity index (χ1v) is 8.15. The quantitative estimate of drug-likeness (QED) is 0.550. The molecule has 138 valence electrons. The van der Waals surface area contributed by atoms with Gasteiger partial charge in [-0.3, -0.25) is 4.79 Å². The summed E-state index contributed by atoms with van der Waals surface area (Å²) in [6, 6.07) is 0. The number of likely N-dealkylation sites (tertiary alicyclic amines) is 1. The minimum absolute atomic E-state index is 0.0249. The number of amides is 1. The molecule has 1 aliphatic carbocycles. The number of carbonyl (C=O) groups is 3. The van der Waals surface area contributed by atoms with Gasteiger partial charge in [0, 0.05) is 13.1 Å². The predicted molar refractivity (Wildman–Crippen MR) is 94.3 cm³/mol. The number of rotatable bonds is 3. The second kappa shape index (κ2) is 8.61. The second-order valence-electron chi connectivity index (χ2n) is 6.05. The van der Waals surface area contributed by atoms with Crippen LogP contribution in [-0.4, -0.2) is 56.3 Å². The van der Waals surface area contributed by atoms with Crippen molar-refractivity contribution < 1.29 is 29.7 Å². The first-order chi connectivity index (χ1) is 11.6. The van der Waals surface area contributed by atoms with E-state index in [9.17, 15) is 14.4 Å². The van der Waals surface area contributed by atoms with Crippen LogP contribution >= 0.6 is 12.2 Å². The maximum Gasteiger partial charge on any atom is 0.407 e. The second-order valence-corrected chi connectivity index (χ2v) is 6.49. The van der Waals surface area contributed by atoms with Gasteiger partial charge in [0.15, 0.2) is 0 Å². The Bertz CT molecular complexity index is 624. The number of carboxylic acids is 2. The lowest BCUT2D eigenvalue weighted by Crippen LogP contribution is -2.42. The smallest absolute Gasteiger partial charge is 0.407 e. The van der Waals surface area contributed by atoms with Gasteiger partial charge in [-0.2, -0.15) is 0 Å². The van der Waals surface area contributed by atoms with Crippen molar-refractivity contribution in [3.63, 3.8) is 0 Å². The molecule has 5 N–H and O–H groups in total. The number of piperidine rings is 1. The Morgan fingerprint density at radius 3 is 2.12 bits per heavy atom. The standard InChI is InChI=1S/C10H11NO4S.C6H11NO2/c1-10(9(11)16)3-2-5(7(12)13)4-6(10)8(14)15;8-6(9)7-4-2-1-3-5-7/h2-4,6H,1H3,(H2,11,16)(H,12,13)(H,14,15);1-5H2,(H,8,9). The third-order valence-corrected chi connectivity index (χ3v) is 4.71. The lowest BCUT2D eigenvalue weighted by atomic mass is 9.73. The molecule has 1 amide bonds. The zero-order valence-corrected chi connectivity index (χ0v) is 14.7. The number of hydrogen-bond donors (Lipinski definition) is 4. The minimum Gasteiger partial charge on any atom is -0.481 e. The van der Waals surface area contributed by atoms with Gasteiger partial charge in [-0.1, -0.05) is 30.4 Å². The van der Waals surface area contributed by atoms with Crippen LogP contribution in [0, 0.1) is 11.3 Å². The Balaban J connectivity index is 0.000000293. The fraction of sp³-hybridized carbons (Fsp3) is 0.500. The molecule has 2 unspecified atom stereocenters. The molecule has 0 radical (unpaired) electrons. The summed E-state index contributed by atoms with van der Waals surface area (Å²) in [4.78, 5) is 33.6. The van der Waals surface area contributed by atoms with Crippen LogP contribution in [0.15, 0.2) is 23.8 Å². The molecule has 0 bridgehead atoms. The van der Waals surface area contributed by atoms with Crippen LogP contribution in [0.4, 0.5) is 4.79 Å². The highest BCUT2D eigenvalue weighted by atomic mass is 32.1. The lowest BCUT2D eigenvalue weighted by Gasteiger charge is -2.32. The van der Waals surface area contributed by atoms with Crippen molar-refractivity contribution in [2.45, 2.75) is 26.2 Å². The molecule has 0 aromatic carbocycles. The summed E-state index contributed by atoms with van der Waals surface area (Å²) in [5.74, 6) is -3.38. The largest absolute Gasteiger partial charge is 0.481 e. The molecule has 9 heteroatoms. The van der Waals surface area contributed by atoms with Crippen molar-refractivity contribution in [2.75, 3.05) is 13.1 Å². The van der Waals surface area contributed by atoms with E-state index < -0.39 is 29.4 Å². The molecule has 2 atom stereocenters. The van der Waals surface area contributed by atoms with Crippen LogP contribution in [0.5, 0.6) is 0 Å². The number of aliphatic carboxylic acids is 2. The van der Waals surface area contributed by atoms with Gasteiger partial charge in [-0.05, 0) is 26.2 Å². The molecule has 1 saturated heterocycles. The molecule has 0 aromatic rings. The number of carboxylic acid groups (broad SMARTS) is 3. The van der Waals surface area contributed by atoms with Crippen LogP contribution < -0.4 is 5.73 Å². The Morgan fingerprint density at radius 2 is 1.76 bits per heavy atom. The summed E-state index contributed by atoms with van der Waals surface area (Å²) in [7, 11) is 0. The third-order valence-electron chi connectivity index (χ3n) is 4.27. The van der Waals surface area contributed by atoms with Crippen LogP contribution in [0.2, 0.25) is 0 Å². The molecular formula is C16H22N2O6S. The summed E-state index contributed by atoms with van der Waals surface area (Å²) in [6.45, 7) is 3.03. The van der Waals surface area contributed by atoms with Crippen molar-refractivity contribution in [3.8, 4) is 0 Å². The Labute approximate surface area is 150 Å². The lowest BCUT2D eigenvalue weighted by molar-refractivity contribution is -0.141. The predicted octanol–water partition coefficient (Wildman–Crippen LogP) is 1.71. The molecule has 1 fully saturated rings. The molecule has 0 saturated carbocycles. The number of nitrogens with two attached hydrogens (primary N) is 1. The molecule has 8 nitrogen and oxygen atoms in total. The monoisotopic (exact) mass is 370 g/mol. The van der Waals surface area contributed by atoms with Gasteiger partial charge < -0.3 is 26.0 Å². The molecule has 0 aromatic heterocycles. The zero-order chi connectivity index (χ0) is 19.2. The fourth-order valence-corrected chi connectivity index (χ4v) is 2.76. The maximum absolute atomic E-state index is 11.1. The molecular weight excluding hydrogens is 348 g/mol. The van der Waals surface area contributed by atoms with Crippen molar-refractivity contribution in [3.05, 3.63) is 23.8 Å². The first kappa shape index (κ1) is 20.6. The summed E-state index contributed by atoms with van der Waals surface area (Å²) in [5.41, 5.74) is 4.40. The van der Waals surface area contributed by atoms with Gasteiger partial charge in [0.05, 0.1) is 21.9 Å². The van der Waals surface area contributed by atoms with Gasteiger partial charge >= 0.3 is 18.0 Å². The van der Waals surface area contributed by atoms with Crippen LogP contribution in [0.1, 0.15) is 26.2 Å². The van der Waals surface area contributed by atoms with E-state index in [4.69, 9.17) is 33.3 Å². The summed E-state index contributed by atoms with van der Waals surface area (Å²) in [5, 5.41) is 26.3. The number of thiocarbonyl (C=S) groups is 1. The number of nitrogens with zero attached hydrogens (tertiary/aromatic N) is 1. The highest BCUT2D eigenvalue weighted by Gasteiger charge is 2.41. The van der Waals surface area contributed by atoms with E-state index in [1.165, 1.54) is 23.5 Å². The maximum atomic E-state index is 11.1. The number of hydrogen-bond acceptors (Lipinski definition) is 4. The van der Waals surface area contributed by atoms with E-state index in [-0.39, 0.29) is 10.6 Å². The zero-order valence-electron chi connectivity index (χ0n) is 13.8. The summed E-state index contributed by atoms with van der Waals surface area (Å²) in [6.07, 6.45) is 6.39. The average Bonchev–Trinajstić information content (AvgIpc) is 2.56. The Hall–Kier alpha value is -2.42. The summed E-state index contributed by atoms with van der Waals surface area (Å²) >= 11 is 4.82. The SMILES string of the molecule is CC1(C(N)=S)C=CC(C(=O)O)=CC1C(=O)O.O=C(O)N1CCCCC1. The van der Waals surface area contributed by atoms with Gasteiger partial charge in [-0.15, -0.1) is 0 Å². The topological polar surface area (TPSA) is 141 Å². The van der Waals surface area contributed by atoms with E-state index in [1.54, 1.807) is 6.92 Å². The molecule has 2 rings (SSSR count). The fourth-order valence-electron chi connectivity index (χ4n) is 2.57. The van der Waals surface area contributed by atoms with E-state index in [2.05, 4.69) is 0 Å². The van der Waals surface area contributed by atoms with Crippen molar-refractivity contribution in [1.29, 1.82) is 0 Å². The van der Waals surface area contributed by atoms with E-state index in [0.29, 0.717) is 0 Å². The van der Waals surface area contributed by atoms with E-state index >= 15 is 0 Å². The van der Waals surface area contributed by atoms with Crippen LogP contribution in [0.3, 0.4) is 0 Å². The first-order valence-electron chi connectivity index (χ1n) is 7.74. The minimum atomic E-state index is -1.17. The highest BCUT2D eigenvalue weighted by molar-refractivity contribution is 7.80. The Morgan fingerprint density at radius 1 is 1.20 bits per heavy atom. The molecule has 25 heavy (non-hydrogen) atoms. The highest BCUT2D eigenvalue weighted by Crippen LogP contribution is 2.35. The molecule has 2 aliphatic rings. The molecule has 0 spiro atoms. The van der Waals surface area contributed by atoms with Gasteiger partial charge in [0.25, 0.3) is 0 Å². The summed E-state index contributed by atoms with van der Waals surface area (Å²) < 4.78 is 0. The Kier molecular flexibility index (Phi) is 7.10. The molecule has 1 aliphatic heterocycles. The van der Waals surface area contributed by atoms with Crippen molar-refractivity contribution >= 4 is 35.2 Å². The average molecular weight is 370 g/mol.